The van der Waals surface area contributed by atoms with E-state index in [2.05, 4.69) is 0 Å². The molecule has 0 saturated carbocycles. The molecule has 0 aliphatic carbocycles. The highest BCUT2D eigenvalue weighted by atomic mass is 19.4. The van der Waals surface area contributed by atoms with Crippen LogP contribution in [0.4, 0.5) is 13.2 Å². The number of carbonyl (C=O) groups excluding carboxylic acids is 1. The molecule has 0 aromatic carbocycles. The molecule has 0 spiro atoms. The van der Waals surface area contributed by atoms with Crippen molar-refractivity contribution >= 4 is 5.91 Å². The lowest BCUT2D eigenvalue weighted by molar-refractivity contribution is -0.253. The second kappa shape index (κ2) is 5.64. The third-order valence-electron chi connectivity index (χ3n) is 3.55. The molecule has 1 amide bonds. The summed E-state index contributed by atoms with van der Waals surface area (Å²) in [5, 5.41) is 1.95. The molecule has 1 N–H and O–H groups in total. The van der Waals surface area contributed by atoms with Crippen LogP contribution in [0.1, 0.15) is 20.3 Å². The summed E-state index contributed by atoms with van der Waals surface area (Å²) in [7, 11) is 2.75. The van der Waals surface area contributed by atoms with Gasteiger partial charge in [0.25, 0.3) is 0 Å². The maximum Gasteiger partial charge on any atom is 0.471 e. The number of rotatable bonds is 3. The minimum Gasteiger partial charge on any atom is -0.374 e. The molecule has 5 nitrogen and oxygen atoms in total. The van der Waals surface area contributed by atoms with Crippen LogP contribution in [0.3, 0.4) is 0 Å². The second-order valence-electron chi connectivity index (χ2n) is 4.59. The number of alkyl halides is 3. The number of halogens is 3. The van der Waals surface area contributed by atoms with Crippen molar-refractivity contribution in [1.29, 1.82) is 0 Å². The van der Waals surface area contributed by atoms with E-state index in [-0.39, 0.29) is 6.42 Å². The zero-order valence-electron chi connectivity index (χ0n) is 11.2. The lowest BCUT2D eigenvalue weighted by Gasteiger charge is -2.47. The van der Waals surface area contributed by atoms with Gasteiger partial charge in [-0.05, 0) is 13.8 Å². The van der Waals surface area contributed by atoms with E-state index in [0.29, 0.717) is 0 Å². The summed E-state index contributed by atoms with van der Waals surface area (Å²) in [6, 6.07) is -0.861. The van der Waals surface area contributed by atoms with E-state index in [9.17, 15) is 18.0 Å². The first kappa shape index (κ1) is 16.2. The van der Waals surface area contributed by atoms with Crippen LogP contribution >= 0.6 is 0 Å². The van der Waals surface area contributed by atoms with Gasteiger partial charge in [0.1, 0.15) is 5.60 Å². The van der Waals surface area contributed by atoms with Crippen LogP contribution < -0.4 is 5.32 Å². The second-order valence-corrected chi connectivity index (χ2v) is 4.59. The Morgan fingerprint density at radius 3 is 2.42 bits per heavy atom. The van der Waals surface area contributed by atoms with Gasteiger partial charge >= 0.3 is 12.1 Å². The molecule has 0 bridgehead atoms. The molecule has 1 aliphatic heterocycles. The van der Waals surface area contributed by atoms with Crippen molar-refractivity contribution in [1.82, 2.24) is 5.32 Å². The number of methoxy groups -OCH3 is 2. The van der Waals surface area contributed by atoms with E-state index in [1.165, 1.54) is 14.2 Å². The van der Waals surface area contributed by atoms with Gasteiger partial charge in [0.2, 0.25) is 0 Å². The number of hydrogen-bond acceptors (Lipinski definition) is 4. The zero-order valence-corrected chi connectivity index (χ0v) is 11.2. The first-order valence-corrected chi connectivity index (χ1v) is 5.76. The van der Waals surface area contributed by atoms with Crippen LogP contribution in [0.2, 0.25) is 0 Å². The van der Waals surface area contributed by atoms with Crippen molar-refractivity contribution in [2.24, 2.45) is 0 Å². The van der Waals surface area contributed by atoms with E-state index in [0.717, 1.165) is 0 Å². The van der Waals surface area contributed by atoms with Crippen LogP contribution in [0.15, 0.2) is 0 Å². The summed E-state index contributed by atoms with van der Waals surface area (Å²) in [5.41, 5.74) is -1.06. The standard InChI is InChI=1S/C11H18F3NO4/c1-6-10(2,18-4)7(5-8(17-3)19-6)15-9(16)11(12,13)14/h6-8H,5H2,1-4H3,(H,15,16)/t6-,7-,8+,10+/m0/s1. The molecular weight excluding hydrogens is 267 g/mol. The van der Waals surface area contributed by atoms with Crippen LogP contribution in [-0.4, -0.2) is 50.3 Å². The Labute approximate surface area is 109 Å². The van der Waals surface area contributed by atoms with E-state index in [4.69, 9.17) is 14.2 Å². The fourth-order valence-electron chi connectivity index (χ4n) is 2.03. The highest BCUT2D eigenvalue weighted by Gasteiger charge is 2.50. The Bertz CT molecular complexity index is 336. The molecule has 1 fully saturated rings. The van der Waals surface area contributed by atoms with Gasteiger partial charge in [-0.25, -0.2) is 0 Å². The summed E-state index contributed by atoms with van der Waals surface area (Å²) < 4.78 is 52.7. The number of nitrogens with one attached hydrogen (secondary N) is 1. The largest absolute Gasteiger partial charge is 0.471 e. The SMILES string of the molecule is CO[C@H]1C[C@H](NC(=O)C(F)(F)F)[C@](C)(OC)[C@H](C)O1. The lowest BCUT2D eigenvalue weighted by atomic mass is 9.85. The third-order valence-corrected chi connectivity index (χ3v) is 3.55. The fraction of sp³-hybridized carbons (Fsp3) is 0.909. The van der Waals surface area contributed by atoms with Crippen LogP contribution in [0.25, 0.3) is 0 Å². The van der Waals surface area contributed by atoms with Gasteiger partial charge < -0.3 is 19.5 Å². The quantitative estimate of drug-likeness (QED) is 0.847. The van der Waals surface area contributed by atoms with Crippen LogP contribution in [0.5, 0.6) is 0 Å². The smallest absolute Gasteiger partial charge is 0.374 e. The number of amides is 1. The predicted molar refractivity (Wildman–Crippen MR) is 59.4 cm³/mol. The molecule has 1 heterocycles. The van der Waals surface area contributed by atoms with Gasteiger partial charge in [0, 0.05) is 20.6 Å². The Hall–Kier alpha value is -0.860. The first-order valence-electron chi connectivity index (χ1n) is 5.76. The van der Waals surface area contributed by atoms with Crippen molar-refractivity contribution in [3.63, 3.8) is 0 Å². The van der Waals surface area contributed by atoms with Gasteiger partial charge in [-0.3, -0.25) is 4.79 Å². The predicted octanol–water partition coefficient (Wildman–Crippen LogP) is 1.22. The van der Waals surface area contributed by atoms with E-state index >= 15 is 0 Å². The zero-order chi connectivity index (χ0) is 14.8. The summed E-state index contributed by atoms with van der Waals surface area (Å²) >= 11 is 0. The minimum absolute atomic E-state index is 0.0764. The van der Waals surface area contributed by atoms with Crippen molar-refractivity contribution in [2.45, 2.75) is 50.5 Å². The van der Waals surface area contributed by atoms with Crippen LogP contribution in [-0.2, 0) is 19.0 Å². The van der Waals surface area contributed by atoms with E-state index in [1.54, 1.807) is 13.8 Å². The van der Waals surface area contributed by atoms with Gasteiger partial charge in [-0.15, -0.1) is 0 Å². The lowest BCUT2D eigenvalue weighted by Crippen LogP contribution is -2.64. The van der Waals surface area contributed by atoms with Crippen molar-refractivity contribution in [3.8, 4) is 0 Å². The van der Waals surface area contributed by atoms with Gasteiger partial charge in [-0.2, -0.15) is 13.2 Å². The average molecular weight is 285 g/mol. The molecule has 1 aliphatic rings. The Morgan fingerprint density at radius 2 is 2.00 bits per heavy atom. The summed E-state index contributed by atoms with van der Waals surface area (Å²) in [6.45, 7) is 3.24. The molecule has 0 radical (unpaired) electrons. The molecule has 0 aromatic rings. The molecule has 1 saturated heterocycles. The Morgan fingerprint density at radius 1 is 1.42 bits per heavy atom. The molecular formula is C11H18F3NO4. The van der Waals surface area contributed by atoms with Gasteiger partial charge in [0.15, 0.2) is 6.29 Å². The van der Waals surface area contributed by atoms with Crippen molar-refractivity contribution in [3.05, 3.63) is 0 Å². The fourth-order valence-corrected chi connectivity index (χ4v) is 2.03. The topological polar surface area (TPSA) is 56.8 Å². The van der Waals surface area contributed by atoms with E-state index in [1.807, 2.05) is 5.32 Å². The molecule has 0 unspecified atom stereocenters. The molecule has 19 heavy (non-hydrogen) atoms. The average Bonchev–Trinajstić information content (AvgIpc) is 2.33. The molecule has 8 heteroatoms. The minimum atomic E-state index is -4.93. The molecule has 4 atom stereocenters. The Kier molecular flexibility index (Phi) is 4.81. The summed E-state index contributed by atoms with van der Waals surface area (Å²) in [5.74, 6) is -2.00. The van der Waals surface area contributed by atoms with E-state index < -0.39 is 36.1 Å². The molecule has 1 rings (SSSR count). The highest BCUT2D eigenvalue weighted by molar-refractivity contribution is 5.82. The molecule has 112 valence electrons. The summed E-state index contributed by atoms with van der Waals surface area (Å²) in [6.07, 6.45) is -6.07. The van der Waals surface area contributed by atoms with Gasteiger partial charge in [-0.1, -0.05) is 0 Å². The van der Waals surface area contributed by atoms with Crippen molar-refractivity contribution < 1.29 is 32.2 Å². The van der Waals surface area contributed by atoms with Crippen molar-refractivity contribution in [2.75, 3.05) is 14.2 Å². The third kappa shape index (κ3) is 3.37. The maximum absolute atomic E-state index is 12.3. The highest BCUT2D eigenvalue weighted by Crippen LogP contribution is 2.32. The Balaban J connectivity index is 2.89. The monoisotopic (exact) mass is 285 g/mol. The molecule has 0 aromatic heterocycles. The van der Waals surface area contributed by atoms with Gasteiger partial charge in [0.05, 0.1) is 12.1 Å². The normalized spacial score (nSPS) is 36.1. The van der Waals surface area contributed by atoms with Crippen LogP contribution in [0, 0.1) is 0 Å². The number of carbonyl (C=O) groups is 1. The number of ether oxygens (including phenoxy) is 3. The maximum atomic E-state index is 12.3. The summed E-state index contributed by atoms with van der Waals surface area (Å²) in [4.78, 5) is 11.1. The first-order chi connectivity index (χ1) is 8.65. The number of hydrogen-bond donors (Lipinski definition) is 1.